The number of ether oxygens (including phenoxy) is 1. The second kappa shape index (κ2) is 9.24. The van der Waals surface area contributed by atoms with E-state index in [0.717, 1.165) is 12.1 Å². The Balaban J connectivity index is 1.95. The molecule has 1 aliphatic heterocycles. The highest BCUT2D eigenvalue weighted by molar-refractivity contribution is 7.93. The highest BCUT2D eigenvalue weighted by Crippen LogP contribution is 2.39. The lowest BCUT2D eigenvalue weighted by Crippen LogP contribution is -2.56. The number of aliphatic imine (C=N–C) groups is 1. The molecule has 0 spiro atoms. The Bertz CT molecular complexity index is 1250. The predicted molar refractivity (Wildman–Crippen MR) is 122 cm³/mol. The van der Waals surface area contributed by atoms with Gasteiger partial charge in [-0.1, -0.05) is 0 Å². The summed E-state index contributed by atoms with van der Waals surface area (Å²) in [5.74, 6) is -2.38. The Kier molecular flexibility index (Phi) is 6.92. The van der Waals surface area contributed by atoms with E-state index in [-0.39, 0.29) is 35.1 Å². The zero-order valence-electron chi connectivity index (χ0n) is 18.9. The van der Waals surface area contributed by atoms with Crippen LogP contribution in [0.25, 0.3) is 0 Å². The monoisotopic (exact) mass is 498 g/mol. The number of halogens is 3. The second-order valence-corrected chi connectivity index (χ2v) is 11.0. The molecule has 0 saturated heterocycles. The number of carbonyl (C=O) groups is 1. The van der Waals surface area contributed by atoms with Crippen molar-refractivity contribution in [1.82, 2.24) is 4.98 Å². The number of benzene rings is 1. The number of rotatable bonds is 7. The number of anilines is 1. The summed E-state index contributed by atoms with van der Waals surface area (Å²) < 4.78 is 70.5. The van der Waals surface area contributed by atoms with Gasteiger partial charge in [0.15, 0.2) is 9.84 Å². The van der Waals surface area contributed by atoms with Crippen molar-refractivity contribution < 1.29 is 31.1 Å². The Morgan fingerprint density at radius 1 is 1.26 bits per heavy atom. The fraction of sp³-hybridized carbons (Fsp3) is 0.409. The molecule has 0 unspecified atom stereocenters. The highest BCUT2D eigenvalue weighted by atomic mass is 32.2. The van der Waals surface area contributed by atoms with Gasteiger partial charge in [0.05, 0.1) is 11.9 Å². The number of carbonyl (C=O) groups excluding carboxylic acids is 1. The third-order valence-corrected chi connectivity index (χ3v) is 8.34. The van der Waals surface area contributed by atoms with E-state index in [9.17, 15) is 26.4 Å². The van der Waals surface area contributed by atoms with Gasteiger partial charge in [-0.3, -0.25) is 9.79 Å². The number of amidine groups is 1. The topological polar surface area (TPSA) is 124 Å². The van der Waals surface area contributed by atoms with Gasteiger partial charge < -0.3 is 15.8 Å². The summed E-state index contributed by atoms with van der Waals surface area (Å²) in [5, 5.41) is 2.54. The van der Waals surface area contributed by atoms with Crippen molar-refractivity contribution in [1.29, 1.82) is 0 Å². The number of pyridine rings is 1. The summed E-state index contributed by atoms with van der Waals surface area (Å²) in [4.78, 5) is 20.8. The third-order valence-electron chi connectivity index (χ3n) is 5.72. The van der Waals surface area contributed by atoms with Gasteiger partial charge in [0.2, 0.25) is 0 Å². The number of hydrogen-bond acceptors (Lipinski definition) is 7. The predicted octanol–water partition coefficient (Wildman–Crippen LogP) is 2.86. The van der Waals surface area contributed by atoms with Crippen LogP contribution in [0, 0.1) is 12.7 Å². The number of aryl methyl sites for hydroxylation is 1. The van der Waals surface area contributed by atoms with Gasteiger partial charge >= 0.3 is 0 Å². The van der Waals surface area contributed by atoms with Crippen molar-refractivity contribution in [2.45, 2.75) is 31.1 Å². The van der Waals surface area contributed by atoms with E-state index >= 15 is 0 Å². The van der Waals surface area contributed by atoms with Crippen LogP contribution >= 0.6 is 0 Å². The van der Waals surface area contributed by atoms with E-state index < -0.39 is 50.9 Å². The second-order valence-electron chi connectivity index (χ2n) is 8.45. The molecule has 1 aromatic heterocycles. The number of nitrogens with two attached hydrogens (primary N) is 1. The van der Waals surface area contributed by atoms with E-state index in [1.54, 1.807) is 6.92 Å². The van der Waals surface area contributed by atoms with Crippen LogP contribution in [0.2, 0.25) is 0 Å². The molecular weight excluding hydrogens is 473 g/mol. The molecule has 34 heavy (non-hydrogen) atoms. The van der Waals surface area contributed by atoms with Crippen LogP contribution in [0.4, 0.5) is 18.9 Å². The Hall–Kier alpha value is -3.15. The number of aromatic nitrogens is 1. The molecule has 0 fully saturated rings. The summed E-state index contributed by atoms with van der Waals surface area (Å²) in [6.45, 7) is 2.15. The van der Waals surface area contributed by atoms with Gasteiger partial charge in [0.25, 0.3) is 5.91 Å². The van der Waals surface area contributed by atoms with Crippen molar-refractivity contribution in [2.24, 2.45) is 10.7 Å². The minimum Gasteiger partial charge on any atom is -0.489 e. The molecule has 184 valence electrons. The lowest BCUT2D eigenvalue weighted by atomic mass is 9.92. The van der Waals surface area contributed by atoms with Crippen molar-refractivity contribution >= 4 is 27.3 Å². The first-order valence-electron chi connectivity index (χ1n) is 10.3. The molecule has 0 bridgehead atoms. The van der Waals surface area contributed by atoms with Crippen LogP contribution in [0.15, 0.2) is 35.5 Å². The lowest BCUT2D eigenvalue weighted by molar-refractivity contribution is 0.102. The van der Waals surface area contributed by atoms with Crippen LogP contribution in [0.3, 0.4) is 0 Å². The summed E-state index contributed by atoms with van der Waals surface area (Å²) in [6.07, 6.45) is 1.26. The average molecular weight is 499 g/mol. The zero-order valence-corrected chi connectivity index (χ0v) is 19.7. The molecule has 1 aromatic carbocycles. The Morgan fingerprint density at radius 3 is 2.56 bits per heavy atom. The fourth-order valence-electron chi connectivity index (χ4n) is 3.50. The molecule has 1 amide bonds. The molecule has 2 aromatic rings. The van der Waals surface area contributed by atoms with E-state index in [2.05, 4.69) is 15.3 Å². The van der Waals surface area contributed by atoms with Crippen molar-refractivity contribution in [3.63, 3.8) is 0 Å². The molecule has 8 nitrogen and oxygen atoms in total. The van der Waals surface area contributed by atoms with Crippen LogP contribution in [0.1, 0.15) is 35.5 Å². The van der Waals surface area contributed by atoms with Gasteiger partial charge in [0, 0.05) is 11.3 Å². The number of nitrogens with zero attached hydrogens (tertiary/aromatic N) is 2. The van der Waals surface area contributed by atoms with Crippen molar-refractivity contribution in [3.05, 3.63) is 53.1 Å². The third kappa shape index (κ3) is 4.59. The maximum absolute atomic E-state index is 14.8. The Morgan fingerprint density at radius 2 is 1.97 bits per heavy atom. The Labute approximate surface area is 195 Å². The SMILES string of the molecule is Cc1cc(OCCF)cnc1C(=O)Nc1ccc(F)c([C@]2(CF)CS(=O)(=O)C(C)(C)C(N)=N2)c1. The smallest absolute Gasteiger partial charge is 0.274 e. The molecule has 2 heterocycles. The molecule has 0 radical (unpaired) electrons. The molecule has 1 aliphatic rings. The van der Waals surface area contributed by atoms with Gasteiger partial charge in [-0.15, -0.1) is 0 Å². The van der Waals surface area contributed by atoms with E-state index in [1.165, 1.54) is 32.2 Å². The first-order chi connectivity index (χ1) is 15.9. The standard InChI is InChI=1S/C22H25F3N4O4S/c1-13-8-15(33-7-6-23)10-27-18(13)19(30)28-14-4-5-17(25)16(9-14)22(11-24)12-34(31,32)21(2,3)20(26)29-22/h4-5,8-10H,6-7,11-12H2,1-3H3,(H2,26,29)(H,28,30)/t22-/m0/s1. The molecular formula is C22H25F3N4O4S. The van der Waals surface area contributed by atoms with E-state index in [4.69, 9.17) is 10.5 Å². The molecule has 0 aliphatic carbocycles. The molecule has 12 heteroatoms. The fourth-order valence-corrected chi connectivity index (χ4v) is 5.15. The normalized spacial score (nSPS) is 20.9. The quantitative estimate of drug-likeness (QED) is 0.605. The lowest BCUT2D eigenvalue weighted by Gasteiger charge is -2.38. The zero-order chi connectivity index (χ0) is 25.3. The van der Waals surface area contributed by atoms with Crippen LogP contribution < -0.4 is 15.8 Å². The van der Waals surface area contributed by atoms with Crippen LogP contribution in [-0.2, 0) is 15.4 Å². The minimum absolute atomic E-state index is 0.0305. The summed E-state index contributed by atoms with van der Waals surface area (Å²) in [6, 6.07) is 4.86. The number of nitrogens with one attached hydrogen (secondary N) is 1. The largest absolute Gasteiger partial charge is 0.489 e. The van der Waals surface area contributed by atoms with Gasteiger partial charge in [-0.2, -0.15) is 0 Å². The summed E-state index contributed by atoms with van der Waals surface area (Å²) >= 11 is 0. The molecule has 0 saturated carbocycles. The van der Waals surface area contributed by atoms with E-state index in [1.807, 2.05) is 0 Å². The van der Waals surface area contributed by atoms with Crippen molar-refractivity contribution in [3.8, 4) is 5.75 Å². The first kappa shape index (κ1) is 25.5. The summed E-state index contributed by atoms with van der Waals surface area (Å²) in [5.41, 5.74) is 3.95. The minimum atomic E-state index is -3.99. The number of hydrogen-bond donors (Lipinski definition) is 2. The van der Waals surface area contributed by atoms with Crippen LogP contribution in [-0.4, -0.2) is 55.6 Å². The molecule has 1 atom stereocenters. The maximum Gasteiger partial charge on any atom is 0.274 e. The van der Waals surface area contributed by atoms with Gasteiger partial charge in [-0.25, -0.2) is 26.6 Å². The number of amides is 1. The molecule has 3 rings (SSSR count). The van der Waals surface area contributed by atoms with Gasteiger partial charge in [-0.05, 0) is 50.6 Å². The highest BCUT2D eigenvalue weighted by Gasteiger charge is 2.52. The van der Waals surface area contributed by atoms with E-state index in [0.29, 0.717) is 5.56 Å². The number of sulfone groups is 1. The van der Waals surface area contributed by atoms with Gasteiger partial charge in [0.1, 0.15) is 53.3 Å². The first-order valence-corrected chi connectivity index (χ1v) is 11.9. The molecule has 3 N–H and O–H groups in total. The average Bonchev–Trinajstić information content (AvgIpc) is 2.77. The summed E-state index contributed by atoms with van der Waals surface area (Å²) in [7, 11) is -3.99. The number of alkyl halides is 2. The van der Waals surface area contributed by atoms with Crippen LogP contribution in [0.5, 0.6) is 5.75 Å². The van der Waals surface area contributed by atoms with Crippen molar-refractivity contribution in [2.75, 3.05) is 31.0 Å². The maximum atomic E-state index is 14.8.